The fourth-order valence-corrected chi connectivity index (χ4v) is 4.59. The highest BCUT2D eigenvalue weighted by Gasteiger charge is 2.48. The highest BCUT2D eigenvalue weighted by atomic mass is 32.3. The summed E-state index contributed by atoms with van der Waals surface area (Å²) in [4.78, 5) is 0. The van der Waals surface area contributed by atoms with Crippen molar-refractivity contribution in [3.63, 3.8) is 0 Å². The van der Waals surface area contributed by atoms with E-state index in [2.05, 4.69) is 4.18 Å². The zero-order chi connectivity index (χ0) is 17.7. The van der Waals surface area contributed by atoms with E-state index in [1.165, 1.54) is 0 Å². The van der Waals surface area contributed by atoms with Crippen LogP contribution in [0.1, 0.15) is 19.3 Å². The molecule has 0 bridgehead atoms. The Morgan fingerprint density at radius 2 is 1.59 bits per heavy atom. The molecule has 22 heavy (non-hydrogen) atoms. The average molecular weight is 387 g/mol. The van der Waals surface area contributed by atoms with Crippen molar-refractivity contribution in [3.05, 3.63) is 0 Å². The lowest BCUT2D eigenvalue weighted by Crippen LogP contribution is -2.41. The lowest BCUT2D eigenvalue weighted by molar-refractivity contribution is -0.0442. The van der Waals surface area contributed by atoms with Gasteiger partial charge in [-0.05, 0) is 25.6 Å². The van der Waals surface area contributed by atoms with Gasteiger partial charge >= 0.3 is 25.8 Å². The second-order valence-electron chi connectivity index (χ2n) is 5.08. The van der Waals surface area contributed by atoms with Gasteiger partial charge < -0.3 is 4.43 Å². The first-order valence-electron chi connectivity index (χ1n) is 6.27. The number of unbranched alkanes of at least 4 members (excludes halogenated alkanes) is 2. The topological polar surface area (TPSA) is 98.8 Å². The van der Waals surface area contributed by atoms with Gasteiger partial charge in [0.2, 0.25) is 0 Å². The minimum atomic E-state index is -6.00. The zero-order valence-electron chi connectivity index (χ0n) is 12.4. The standard InChI is InChI=1S/C9H20F3NO6S2Si/c1-18-22(2,3)8-6-4-5-7-19-21(16,17)13-20(14,15)9(10,11)12/h13H,4-8H2,1-3H3. The number of sulfonamides is 1. The van der Waals surface area contributed by atoms with Gasteiger partial charge in [-0.25, -0.2) is 8.42 Å². The second kappa shape index (κ2) is 8.05. The Labute approximate surface area is 129 Å². The third-order valence-electron chi connectivity index (χ3n) is 2.73. The molecule has 7 nitrogen and oxygen atoms in total. The van der Waals surface area contributed by atoms with Crippen LogP contribution in [-0.2, 0) is 28.9 Å². The first kappa shape index (κ1) is 21.8. The molecule has 0 fully saturated rings. The number of nitrogens with one attached hydrogen (secondary N) is 1. The van der Waals surface area contributed by atoms with Crippen molar-refractivity contribution < 1.29 is 38.6 Å². The van der Waals surface area contributed by atoms with Crippen molar-refractivity contribution >= 4 is 28.6 Å². The van der Waals surface area contributed by atoms with E-state index in [0.717, 1.165) is 12.5 Å². The lowest BCUT2D eigenvalue weighted by atomic mass is 10.3. The second-order valence-corrected chi connectivity index (χ2v) is 12.8. The monoisotopic (exact) mass is 387 g/mol. The van der Waals surface area contributed by atoms with Crippen LogP contribution in [0, 0.1) is 0 Å². The van der Waals surface area contributed by atoms with Gasteiger partial charge in [-0.3, -0.25) is 4.18 Å². The van der Waals surface area contributed by atoms with Crippen LogP contribution in [0.5, 0.6) is 0 Å². The van der Waals surface area contributed by atoms with Crippen molar-refractivity contribution in [2.75, 3.05) is 13.7 Å². The molecule has 0 spiro atoms. The molecule has 0 atom stereocenters. The highest BCUT2D eigenvalue weighted by Crippen LogP contribution is 2.22. The van der Waals surface area contributed by atoms with E-state index in [0.29, 0.717) is 10.5 Å². The maximum absolute atomic E-state index is 12.0. The maximum Gasteiger partial charge on any atom is 0.512 e. The molecule has 0 aromatic rings. The molecule has 0 amide bonds. The third kappa shape index (κ3) is 8.43. The first-order chi connectivity index (χ1) is 9.72. The summed E-state index contributed by atoms with van der Waals surface area (Å²) >= 11 is 0. The van der Waals surface area contributed by atoms with E-state index in [4.69, 9.17) is 4.43 Å². The minimum Gasteiger partial charge on any atom is -0.420 e. The van der Waals surface area contributed by atoms with Gasteiger partial charge in [-0.2, -0.15) is 21.6 Å². The molecule has 0 heterocycles. The SMILES string of the molecule is CO[Si](C)(C)CCCCCOS(=O)(=O)NS(=O)(=O)C(F)(F)F. The van der Waals surface area contributed by atoms with Crippen LogP contribution in [0.3, 0.4) is 0 Å². The Balaban J connectivity index is 4.17. The first-order valence-corrected chi connectivity index (χ1v) is 12.3. The van der Waals surface area contributed by atoms with Gasteiger partial charge in [0, 0.05) is 7.11 Å². The van der Waals surface area contributed by atoms with Crippen LogP contribution in [0.25, 0.3) is 0 Å². The summed E-state index contributed by atoms with van der Waals surface area (Å²) < 4.78 is 89.5. The van der Waals surface area contributed by atoms with E-state index in [1.807, 2.05) is 13.1 Å². The molecule has 0 aromatic carbocycles. The van der Waals surface area contributed by atoms with Gasteiger partial charge in [-0.15, -0.1) is 0 Å². The zero-order valence-corrected chi connectivity index (χ0v) is 15.1. The minimum absolute atomic E-state index is 0.265. The molecule has 0 unspecified atom stereocenters. The molecular formula is C9H20F3NO6S2Si. The van der Waals surface area contributed by atoms with Crippen LogP contribution in [0.4, 0.5) is 13.2 Å². The Hall–Kier alpha value is -0.213. The summed E-state index contributed by atoms with van der Waals surface area (Å²) in [6.07, 6.45) is 1.60. The van der Waals surface area contributed by atoms with E-state index >= 15 is 0 Å². The Morgan fingerprint density at radius 3 is 2.05 bits per heavy atom. The molecule has 134 valence electrons. The molecule has 0 rings (SSSR count). The van der Waals surface area contributed by atoms with Gasteiger partial charge in [-0.1, -0.05) is 17.0 Å². The predicted octanol–water partition coefficient (Wildman–Crippen LogP) is 1.71. The summed E-state index contributed by atoms with van der Waals surface area (Å²) in [5, 5.41) is 0. The van der Waals surface area contributed by atoms with Crippen LogP contribution in [0.15, 0.2) is 0 Å². The Morgan fingerprint density at radius 1 is 1.05 bits per heavy atom. The fraction of sp³-hybridized carbons (Fsp3) is 1.00. The largest absolute Gasteiger partial charge is 0.512 e. The van der Waals surface area contributed by atoms with Crippen LogP contribution < -0.4 is 4.13 Å². The molecule has 0 radical (unpaired) electrons. The smallest absolute Gasteiger partial charge is 0.420 e. The number of hydrogen-bond donors (Lipinski definition) is 1. The number of halogens is 3. The van der Waals surface area contributed by atoms with Crippen LogP contribution in [0.2, 0.25) is 19.1 Å². The van der Waals surface area contributed by atoms with Crippen LogP contribution >= 0.6 is 0 Å². The van der Waals surface area contributed by atoms with E-state index in [9.17, 15) is 30.0 Å². The van der Waals surface area contributed by atoms with E-state index in [1.54, 1.807) is 7.11 Å². The van der Waals surface area contributed by atoms with Gasteiger partial charge in [0.25, 0.3) is 0 Å². The van der Waals surface area contributed by atoms with Crippen molar-refractivity contribution in [2.24, 2.45) is 0 Å². The summed E-state index contributed by atoms with van der Waals surface area (Å²) in [5.41, 5.74) is -5.72. The molecule has 0 saturated carbocycles. The molecule has 0 aliphatic rings. The highest BCUT2D eigenvalue weighted by molar-refractivity contribution is 8.03. The quantitative estimate of drug-likeness (QED) is 0.453. The Kier molecular flexibility index (Phi) is 7.98. The van der Waals surface area contributed by atoms with E-state index < -0.39 is 40.8 Å². The summed E-state index contributed by atoms with van der Waals surface area (Å²) in [5.74, 6) is 0. The van der Waals surface area contributed by atoms with Crippen molar-refractivity contribution in [1.29, 1.82) is 0 Å². The lowest BCUT2D eigenvalue weighted by Gasteiger charge is -2.19. The van der Waals surface area contributed by atoms with Gasteiger partial charge in [0.15, 0.2) is 8.32 Å². The van der Waals surface area contributed by atoms with Crippen molar-refractivity contribution in [2.45, 2.75) is 43.9 Å². The molecule has 13 heteroatoms. The number of hydrogen-bond acceptors (Lipinski definition) is 6. The average Bonchev–Trinajstić information content (AvgIpc) is 2.30. The molecule has 0 aliphatic carbocycles. The summed E-state index contributed by atoms with van der Waals surface area (Å²) in [6, 6.07) is 0.844. The van der Waals surface area contributed by atoms with Crippen LogP contribution in [-0.4, -0.2) is 44.4 Å². The number of alkyl halides is 3. The fourth-order valence-electron chi connectivity index (χ4n) is 1.31. The molecular weight excluding hydrogens is 367 g/mol. The Bertz CT molecular complexity index is 546. The maximum atomic E-state index is 12.0. The molecule has 0 saturated heterocycles. The van der Waals surface area contributed by atoms with Crippen molar-refractivity contribution in [1.82, 2.24) is 4.13 Å². The van der Waals surface area contributed by atoms with E-state index in [-0.39, 0.29) is 6.42 Å². The molecule has 0 aromatic heterocycles. The third-order valence-corrected chi connectivity index (χ3v) is 8.17. The number of rotatable bonds is 10. The van der Waals surface area contributed by atoms with Gasteiger partial charge in [0.1, 0.15) is 0 Å². The van der Waals surface area contributed by atoms with Crippen molar-refractivity contribution in [3.8, 4) is 0 Å². The molecule has 0 aliphatic heterocycles. The normalized spacial score (nSPS) is 14.3. The van der Waals surface area contributed by atoms with Gasteiger partial charge in [0.05, 0.1) is 6.61 Å². The predicted molar refractivity (Wildman–Crippen MR) is 76.1 cm³/mol. The summed E-state index contributed by atoms with van der Waals surface area (Å²) in [7, 11) is -11.1. The molecule has 1 N–H and O–H groups in total. The summed E-state index contributed by atoms with van der Waals surface area (Å²) in [6.45, 7) is 3.62.